The molecule has 0 radical (unpaired) electrons. The lowest BCUT2D eigenvalue weighted by Gasteiger charge is -2.23. The van der Waals surface area contributed by atoms with Crippen LogP contribution in [0.3, 0.4) is 0 Å². The predicted molar refractivity (Wildman–Crippen MR) is 129 cm³/mol. The van der Waals surface area contributed by atoms with Crippen LogP contribution in [0.1, 0.15) is 75.7 Å². The zero-order valence-corrected chi connectivity index (χ0v) is 19.5. The van der Waals surface area contributed by atoms with Gasteiger partial charge in [-0.2, -0.15) is 0 Å². The highest BCUT2D eigenvalue weighted by molar-refractivity contribution is 5.78. The average Bonchev–Trinajstić information content (AvgIpc) is 2.74. The Kier molecular flexibility index (Phi) is 15.0. The quantitative estimate of drug-likeness (QED) is 0.411. The number of rotatable bonds is 9. The molecule has 6 heteroatoms. The van der Waals surface area contributed by atoms with Gasteiger partial charge in [-0.3, -0.25) is 9.59 Å². The van der Waals surface area contributed by atoms with E-state index in [1.54, 1.807) is 13.1 Å². The summed E-state index contributed by atoms with van der Waals surface area (Å²) in [4.78, 5) is 23.8. The Bertz CT molecular complexity index is 756. The molecule has 1 aliphatic carbocycles. The van der Waals surface area contributed by atoms with E-state index in [4.69, 9.17) is 5.41 Å². The van der Waals surface area contributed by atoms with Crippen LogP contribution < -0.4 is 16.2 Å². The first-order valence-corrected chi connectivity index (χ1v) is 11.0. The van der Waals surface area contributed by atoms with Gasteiger partial charge in [0.2, 0.25) is 0 Å². The van der Waals surface area contributed by atoms with Gasteiger partial charge in [-0.15, -0.1) is 0 Å². The SMILES string of the molecule is CC.CC/C=C(\C=N)Cn1cc(C=O)cc(/C(=C/CC)NC)c1=O.CNC1CCC1. The summed E-state index contributed by atoms with van der Waals surface area (Å²) in [6, 6.07) is 2.46. The van der Waals surface area contributed by atoms with Gasteiger partial charge in [0.15, 0.2) is 6.29 Å². The fourth-order valence-corrected chi connectivity index (χ4v) is 2.91. The van der Waals surface area contributed by atoms with Crippen molar-refractivity contribution in [3.8, 4) is 0 Å². The zero-order valence-electron chi connectivity index (χ0n) is 19.5. The minimum Gasteiger partial charge on any atom is -0.388 e. The van der Waals surface area contributed by atoms with Crippen LogP contribution in [0.2, 0.25) is 0 Å². The van der Waals surface area contributed by atoms with Crippen molar-refractivity contribution >= 4 is 18.2 Å². The highest BCUT2D eigenvalue weighted by atomic mass is 16.1. The van der Waals surface area contributed by atoms with E-state index in [1.807, 2.05) is 46.9 Å². The van der Waals surface area contributed by atoms with E-state index in [-0.39, 0.29) is 12.1 Å². The van der Waals surface area contributed by atoms with Crippen molar-refractivity contribution in [3.63, 3.8) is 0 Å². The molecule has 1 fully saturated rings. The largest absolute Gasteiger partial charge is 0.388 e. The lowest BCUT2D eigenvalue weighted by Crippen LogP contribution is -2.31. The highest BCUT2D eigenvalue weighted by Crippen LogP contribution is 2.16. The number of nitrogens with one attached hydrogen (secondary N) is 3. The number of hydrogen-bond donors (Lipinski definition) is 3. The summed E-state index contributed by atoms with van der Waals surface area (Å²) < 4.78 is 1.48. The van der Waals surface area contributed by atoms with Crippen molar-refractivity contribution in [3.05, 3.63) is 51.5 Å². The first-order chi connectivity index (χ1) is 14.5. The van der Waals surface area contributed by atoms with Gasteiger partial charge in [0.25, 0.3) is 5.56 Å². The minimum atomic E-state index is -0.177. The molecule has 0 atom stereocenters. The fourth-order valence-electron chi connectivity index (χ4n) is 2.91. The molecule has 30 heavy (non-hydrogen) atoms. The van der Waals surface area contributed by atoms with Crippen LogP contribution in [0.4, 0.5) is 0 Å². The average molecular weight is 417 g/mol. The van der Waals surface area contributed by atoms with Crippen LogP contribution in [0, 0.1) is 5.41 Å². The summed E-state index contributed by atoms with van der Waals surface area (Å²) >= 11 is 0. The van der Waals surface area contributed by atoms with E-state index in [1.165, 1.54) is 36.2 Å². The Morgan fingerprint density at radius 2 is 1.83 bits per heavy atom. The molecule has 6 nitrogen and oxygen atoms in total. The molecule has 0 spiro atoms. The van der Waals surface area contributed by atoms with E-state index in [2.05, 4.69) is 10.6 Å². The van der Waals surface area contributed by atoms with Gasteiger partial charge in [0, 0.05) is 36.8 Å². The van der Waals surface area contributed by atoms with Gasteiger partial charge >= 0.3 is 0 Å². The summed E-state index contributed by atoms with van der Waals surface area (Å²) in [5.41, 5.74) is 2.18. The van der Waals surface area contributed by atoms with E-state index in [9.17, 15) is 9.59 Å². The van der Waals surface area contributed by atoms with Crippen molar-refractivity contribution in [2.45, 2.75) is 72.4 Å². The normalized spacial score (nSPS) is 13.8. The molecule has 1 saturated carbocycles. The lowest BCUT2D eigenvalue weighted by molar-refractivity contribution is 0.112. The molecule has 0 aromatic carbocycles. The summed E-state index contributed by atoms with van der Waals surface area (Å²) in [6.07, 6.45) is 13.1. The second kappa shape index (κ2) is 16.3. The third-order valence-electron chi connectivity index (χ3n) is 4.73. The van der Waals surface area contributed by atoms with Crippen LogP contribution in [0.5, 0.6) is 0 Å². The smallest absolute Gasteiger partial charge is 0.260 e. The number of allylic oxidation sites excluding steroid dienone is 3. The maximum atomic E-state index is 12.6. The van der Waals surface area contributed by atoms with Crippen molar-refractivity contribution < 1.29 is 4.79 Å². The molecular formula is C24H40N4O2. The molecule has 168 valence electrons. The number of aromatic nitrogens is 1. The van der Waals surface area contributed by atoms with Crippen LogP contribution in [0.25, 0.3) is 5.70 Å². The summed E-state index contributed by atoms with van der Waals surface area (Å²) in [5.74, 6) is 0. The van der Waals surface area contributed by atoms with Gasteiger partial charge in [0.05, 0.1) is 12.1 Å². The number of nitrogens with zero attached hydrogens (tertiary/aromatic N) is 1. The monoisotopic (exact) mass is 416 g/mol. The van der Waals surface area contributed by atoms with E-state index in [0.717, 1.165) is 30.7 Å². The Hall–Kier alpha value is -2.47. The molecule has 2 rings (SSSR count). The molecule has 3 N–H and O–H groups in total. The number of carbonyl (C=O) groups excluding carboxylic acids is 1. The van der Waals surface area contributed by atoms with Crippen LogP contribution >= 0.6 is 0 Å². The van der Waals surface area contributed by atoms with Gasteiger partial charge in [-0.1, -0.05) is 46.3 Å². The molecule has 1 aromatic heterocycles. The second-order valence-corrected chi connectivity index (χ2v) is 6.76. The molecule has 1 aromatic rings. The lowest BCUT2D eigenvalue weighted by atomic mass is 9.94. The molecule has 0 saturated heterocycles. The van der Waals surface area contributed by atoms with Crippen molar-refractivity contribution in [2.24, 2.45) is 0 Å². The second-order valence-electron chi connectivity index (χ2n) is 6.76. The molecule has 0 aliphatic heterocycles. The van der Waals surface area contributed by atoms with Crippen molar-refractivity contribution in [1.29, 1.82) is 5.41 Å². The third-order valence-corrected chi connectivity index (χ3v) is 4.73. The fraction of sp³-hybridized carbons (Fsp3) is 0.542. The van der Waals surface area contributed by atoms with Crippen molar-refractivity contribution in [1.82, 2.24) is 15.2 Å². The minimum absolute atomic E-state index is 0.177. The number of hydrogen-bond acceptors (Lipinski definition) is 5. The van der Waals surface area contributed by atoms with E-state index >= 15 is 0 Å². The number of aldehydes is 1. The molecule has 1 aliphatic rings. The van der Waals surface area contributed by atoms with Crippen LogP contribution in [-0.4, -0.2) is 37.2 Å². The first kappa shape index (κ1) is 27.5. The van der Waals surface area contributed by atoms with Gasteiger partial charge in [-0.25, -0.2) is 0 Å². The zero-order chi connectivity index (χ0) is 22.9. The Morgan fingerprint density at radius 1 is 1.20 bits per heavy atom. The van der Waals surface area contributed by atoms with Crippen LogP contribution in [0.15, 0.2) is 34.8 Å². The predicted octanol–water partition coefficient (Wildman–Crippen LogP) is 4.40. The molecular weight excluding hydrogens is 376 g/mol. The third kappa shape index (κ3) is 8.91. The standard InChI is InChI=1S/C17H23N3O2.C5H11N.C2H6/c1-4-6-13(9-18)10-20-11-14(12-21)8-15(17(20)22)16(19-3)7-5-2;1-6-5-3-2-4-5;1-2/h6-9,11-12,18-19H,4-5,10H2,1-3H3;5-6H,2-4H2,1H3;1-2H3/b13-6+,16-7-,18-9?;;. The topological polar surface area (TPSA) is 87.0 Å². The number of pyridine rings is 1. The van der Waals surface area contributed by atoms with E-state index in [0.29, 0.717) is 16.8 Å². The molecule has 0 amide bonds. The molecule has 0 bridgehead atoms. The number of carbonyl (C=O) groups is 1. The van der Waals surface area contributed by atoms with Crippen molar-refractivity contribution in [2.75, 3.05) is 14.1 Å². The molecule has 1 heterocycles. The molecule has 0 unspecified atom stereocenters. The van der Waals surface area contributed by atoms with Crippen LogP contribution in [-0.2, 0) is 6.54 Å². The van der Waals surface area contributed by atoms with Gasteiger partial charge in [0.1, 0.15) is 0 Å². The maximum absolute atomic E-state index is 12.6. The maximum Gasteiger partial charge on any atom is 0.260 e. The van der Waals surface area contributed by atoms with E-state index < -0.39 is 0 Å². The summed E-state index contributed by atoms with van der Waals surface area (Å²) in [6.45, 7) is 8.24. The Labute approximate surface area is 182 Å². The summed E-state index contributed by atoms with van der Waals surface area (Å²) in [7, 11) is 3.78. The summed E-state index contributed by atoms with van der Waals surface area (Å²) in [5, 5.41) is 13.6. The van der Waals surface area contributed by atoms with Gasteiger partial charge in [-0.05, 0) is 44.4 Å². The van der Waals surface area contributed by atoms with Gasteiger partial charge < -0.3 is 20.6 Å². The Morgan fingerprint density at radius 3 is 2.20 bits per heavy atom. The highest BCUT2D eigenvalue weighted by Gasteiger charge is 2.13. The Balaban J connectivity index is 0.000000880. The first-order valence-electron chi connectivity index (χ1n) is 11.0.